The number of carbonyl (C=O) groups excluding carboxylic acids is 1. The van der Waals surface area contributed by atoms with Gasteiger partial charge in [-0.2, -0.15) is 0 Å². The molecule has 1 aromatic carbocycles. The molecule has 0 aliphatic carbocycles. The van der Waals surface area contributed by atoms with Gasteiger partial charge in [0.1, 0.15) is 5.82 Å². The van der Waals surface area contributed by atoms with E-state index in [4.69, 9.17) is 0 Å². The minimum atomic E-state index is -0.117. The van der Waals surface area contributed by atoms with Crippen molar-refractivity contribution in [2.75, 3.05) is 5.32 Å². The molecule has 1 N–H and O–H groups in total. The first-order valence-corrected chi connectivity index (χ1v) is 7.80. The van der Waals surface area contributed by atoms with Crippen LogP contribution in [0.4, 0.5) is 5.82 Å². The molecule has 0 saturated heterocycles. The molecule has 0 radical (unpaired) electrons. The number of aryl methyl sites for hydroxylation is 2. The lowest BCUT2D eigenvalue weighted by Crippen LogP contribution is -2.21. The second-order valence-corrected chi connectivity index (χ2v) is 5.63. The van der Waals surface area contributed by atoms with Crippen molar-refractivity contribution in [1.29, 1.82) is 0 Å². The van der Waals surface area contributed by atoms with Crippen LogP contribution in [0.1, 0.15) is 18.4 Å². The van der Waals surface area contributed by atoms with E-state index < -0.39 is 0 Å². The largest absolute Gasteiger partial charge is 0.311 e. The third kappa shape index (κ3) is 3.65. The van der Waals surface area contributed by atoms with Gasteiger partial charge in [-0.1, -0.05) is 18.2 Å². The molecule has 2 aromatic heterocycles. The number of rotatable bonds is 5. The Labute approximate surface area is 139 Å². The first kappa shape index (κ1) is 15.9. The maximum atomic E-state index is 12.3. The molecule has 122 valence electrons. The topological polar surface area (TPSA) is 76.9 Å². The molecule has 2 heterocycles. The van der Waals surface area contributed by atoms with E-state index in [0.717, 1.165) is 5.56 Å². The third-order valence-electron chi connectivity index (χ3n) is 3.71. The van der Waals surface area contributed by atoms with Crippen LogP contribution in [0.5, 0.6) is 0 Å². The van der Waals surface area contributed by atoms with Crippen molar-refractivity contribution < 1.29 is 4.79 Å². The minimum absolute atomic E-state index is 0.0822. The zero-order valence-corrected chi connectivity index (χ0v) is 13.4. The Kier molecular flexibility index (Phi) is 4.65. The highest BCUT2D eigenvalue weighted by Gasteiger charge is 2.06. The number of para-hydroxylation sites is 1. The second kappa shape index (κ2) is 7.04. The molecule has 0 bridgehead atoms. The van der Waals surface area contributed by atoms with Crippen LogP contribution >= 0.6 is 0 Å². The number of fused-ring (bicyclic) bond motifs is 1. The van der Waals surface area contributed by atoms with Gasteiger partial charge in [-0.25, -0.2) is 9.97 Å². The molecule has 0 saturated carbocycles. The van der Waals surface area contributed by atoms with E-state index >= 15 is 0 Å². The fraction of sp³-hybridized carbons (Fsp3) is 0.222. The van der Waals surface area contributed by atoms with Crippen LogP contribution in [0.15, 0.2) is 53.7 Å². The summed E-state index contributed by atoms with van der Waals surface area (Å²) in [5.74, 6) is 0.420. The van der Waals surface area contributed by atoms with Crippen molar-refractivity contribution in [3.05, 3.63) is 64.8 Å². The summed E-state index contributed by atoms with van der Waals surface area (Å²) in [4.78, 5) is 32.7. The van der Waals surface area contributed by atoms with Crippen molar-refractivity contribution in [3.8, 4) is 0 Å². The number of carbonyl (C=O) groups is 1. The van der Waals surface area contributed by atoms with Gasteiger partial charge >= 0.3 is 0 Å². The van der Waals surface area contributed by atoms with E-state index in [1.807, 2.05) is 31.2 Å². The summed E-state index contributed by atoms with van der Waals surface area (Å²) >= 11 is 0. The zero-order chi connectivity index (χ0) is 16.9. The summed E-state index contributed by atoms with van der Waals surface area (Å²) in [5, 5.41) is 3.34. The molecule has 6 heteroatoms. The average Bonchev–Trinajstić information content (AvgIpc) is 2.59. The summed E-state index contributed by atoms with van der Waals surface area (Å²) in [7, 11) is 0. The Bertz CT molecular complexity index is 916. The predicted molar refractivity (Wildman–Crippen MR) is 92.8 cm³/mol. The van der Waals surface area contributed by atoms with E-state index in [1.54, 1.807) is 22.9 Å². The molecule has 3 rings (SSSR count). The third-order valence-corrected chi connectivity index (χ3v) is 3.71. The summed E-state index contributed by atoms with van der Waals surface area (Å²) in [5.41, 5.74) is 1.64. The highest BCUT2D eigenvalue weighted by Crippen LogP contribution is 2.07. The first-order chi connectivity index (χ1) is 11.6. The van der Waals surface area contributed by atoms with Gasteiger partial charge in [0.2, 0.25) is 5.91 Å². The normalized spacial score (nSPS) is 10.7. The fourth-order valence-electron chi connectivity index (χ4n) is 2.42. The fourth-order valence-corrected chi connectivity index (χ4v) is 2.42. The van der Waals surface area contributed by atoms with Crippen molar-refractivity contribution >= 4 is 22.6 Å². The monoisotopic (exact) mass is 322 g/mol. The standard InChI is InChI=1S/C18H18N4O2/c1-13-8-9-16(19-11-13)21-17(23)7-4-10-22-12-20-15-6-3-2-5-14(15)18(22)24/h2-3,5-6,8-9,11-12H,4,7,10H2,1H3,(H,19,21,23). The van der Waals surface area contributed by atoms with Crippen LogP contribution in [0.3, 0.4) is 0 Å². The van der Waals surface area contributed by atoms with Crippen LogP contribution in [-0.2, 0) is 11.3 Å². The van der Waals surface area contributed by atoms with Crippen molar-refractivity contribution in [2.24, 2.45) is 0 Å². The number of nitrogens with zero attached hydrogens (tertiary/aromatic N) is 3. The number of nitrogens with one attached hydrogen (secondary N) is 1. The molecule has 3 aromatic rings. The van der Waals surface area contributed by atoms with E-state index in [0.29, 0.717) is 36.1 Å². The molecule has 0 spiro atoms. The van der Waals surface area contributed by atoms with Crippen LogP contribution in [-0.4, -0.2) is 20.4 Å². The molecule has 0 atom stereocenters. The van der Waals surface area contributed by atoms with Gasteiger partial charge in [0.25, 0.3) is 5.56 Å². The smallest absolute Gasteiger partial charge is 0.261 e. The van der Waals surface area contributed by atoms with Gasteiger partial charge in [-0.15, -0.1) is 0 Å². The molecule has 0 aliphatic heterocycles. The number of hydrogen-bond acceptors (Lipinski definition) is 4. The van der Waals surface area contributed by atoms with Crippen LogP contribution in [0.25, 0.3) is 10.9 Å². The second-order valence-electron chi connectivity index (χ2n) is 5.63. The SMILES string of the molecule is Cc1ccc(NC(=O)CCCn2cnc3ccccc3c2=O)nc1. The summed E-state index contributed by atoms with van der Waals surface area (Å²) in [6.45, 7) is 2.39. The Morgan fingerprint density at radius 3 is 2.79 bits per heavy atom. The molecular formula is C18H18N4O2. The number of anilines is 1. The van der Waals surface area contributed by atoms with Crippen molar-refractivity contribution in [2.45, 2.75) is 26.3 Å². The average molecular weight is 322 g/mol. The zero-order valence-electron chi connectivity index (χ0n) is 13.4. The predicted octanol–water partition coefficient (Wildman–Crippen LogP) is 2.52. The maximum Gasteiger partial charge on any atom is 0.261 e. The number of hydrogen-bond donors (Lipinski definition) is 1. The van der Waals surface area contributed by atoms with E-state index in [2.05, 4.69) is 15.3 Å². The Morgan fingerprint density at radius 1 is 1.17 bits per heavy atom. The molecule has 6 nitrogen and oxygen atoms in total. The van der Waals surface area contributed by atoms with Gasteiger partial charge in [-0.3, -0.25) is 14.2 Å². The number of aromatic nitrogens is 3. The number of amides is 1. The van der Waals surface area contributed by atoms with Gasteiger partial charge in [0.15, 0.2) is 0 Å². The van der Waals surface area contributed by atoms with Crippen molar-refractivity contribution in [3.63, 3.8) is 0 Å². The molecule has 0 fully saturated rings. The summed E-state index contributed by atoms with van der Waals surface area (Å²) in [6, 6.07) is 10.9. The van der Waals surface area contributed by atoms with Crippen LogP contribution in [0.2, 0.25) is 0 Å². The summed E-state index contributed by atoms with van der Waals surface area (Å²) < 4.78 is 1.54. The quantitative estimate of drug-likeness (QED) is 0.783. The molecule has 24 heavy (non-hydrogen) atoms. The molecule has 0 aliphatic rings. The lowest BCUT2D eigenvalue weighted by Gasteiger charge is -2.07. The van der Waals surface area contributed by atoms with E-state index in [1.165, 1.54) is 6.33 Å². The van der Waals surface area contributed by atoms with Gasteiger partial charge in [0.05, 0.1) is 17.2 Å². The van der Waals surface area contributed by atoms with Crippen molar-refractivity contribution in [1.82, 2.24) is 14.5 Å². The molecule has 0 unspecified atom stereocenters. The lowest BCUT2D eigenvalue weighted by atomic mass is 10.2. The number of pyridine rings is 1. The highest BCUT2D eigenvalue weighted by molar-refractivity contribution is 5.89. The Balaban J connectivity index is 1.58. The molecule has 1 amide bonds. The van der Waals surface area contributed by atoms with Crippen LogP contribution < -0.4 is 10.9 Å². The first-order valence-electron chi connectivity index (χ1n) is 7.80. The Hall–Kier alpha value is -3.02. The highest BCUT2D eigenvalue weighted by atomic mass is 16.1. The summed E-state index contributed by atoms with van der Waals surface area (Å²) in [6.07, 6.45) is 4.10. The minimum Gasteiger partial charge on any atom is -0.311 e. The maximum absolute atomic E-state index is 12.3. The van der Waals surface area contributed by atoms with E-state index in [9.17, 15) is 9.59 Å². The molecular weight excluding hydrogens is 304 g/mol. The van der Waals surface area contributed by atoms with Gasteiger partial charge in [0, 0.05) is 19.2 Å². The van der Waals surface area contributed by atoms with Gasteiger partial charge < -0.3 is 5.32 Å². The van der Waals surface area contributed by atoms with E-state index in [-0.39, 0.29) is 11.5 Å². The Morgan fingerprint density at radius 2 is 2.00 bits per heavy atom. The van der Waals surface area contributed by atoms with Crippen LogP contribution in [0, 0.1) is 6.92 Å². The lowest BCUT2D eigenvalue weighted by molar-refractivity contribution is -0.116. The van der Waals surface area contributed by atoms with Gasteiger partial charge in [-0.05, 0) is 37.1 Å². The number of benzene rings is 1.